The highest BCUT2D eigenvalue weighted by molar-refractivity contribution is 7.99. The van der Waals surface area contributed by atoms with Gasteiger partial charge < -0.3 is 9.73 Å². The summed E-state index contributed by atoms with van der Waals surface area (Å²) < 4.78 is 28.7. The van der Waals surface area contributed by atoms with Gasteiger partial charge >= 0.3 is 0 Å². The Morgan fingerprint density at radius 1 is 1.23 bits per heavy atom. The number of amides is 1. The summed E-state index contributed by atoms with van der Waals surface area (Å²) in [6.07, 6.45) is 1.08. The maximum absolute atomic E-state index is 12.3. The van der Waals surface area contributed by atoms with E-state index in [1.165, 1.54) is 11.8 Å². The zero-order valence-electron chi connectivity index (χ0n) is 16.6. The second kappa shape index (κ2) is 8.77. The van der Waals surface area contributed by atoms with Crippen molar-refractivity contribution in [2.45, 2.75) is 31.0 Å². The fourth-order valence-electron chi connectivity index (χ4n) is 3.63. The van der Waals surface area contributed by atoms with Crippen LogP contribution in [0.1, 0.15) is 30.8 Å². The Bertz CT molecular complexity index is 1160. The van der Waals surface area contributed by atoms with Crippen molar-refractivity contribution in [3.05, 3.63) is 53.9 Å². The van der Waals surface area contributed by atoms with Gasteiger partial charge in [-0.2, -0.15) is 0 Å². The standard InChI is InChI=1S/C21H23N3O4S2/c1-14(17-7-6-16-4-2-3-5-18(16)11-17)22-19(25)12-29-21-24-23-20(28-21)10-15-8-9-30(26,27)13-15/h2-7,11,14-15H,8-10,12-13H2,1H3,(H,22,25)/t14-,15-/m1/s1. The smallest absolute Gasteiger partial charge is 0.277 e. The van der Waals surface area contributed by atoms with Crippen LogP contribution in [0.15, 0.2) is 52.1 Å². The molecule has 1 aliphatic heterocycles. The van der Waals surface area contributed by atoms with E-state index in [-0.39, 0.29) is 35.1 Å². The molecule has 1 N–H and O–H groups in total. The van der Waals surface area contributed by atoms with Crippen LogP contribution in [0.25, 0.3) is 10.8 Å². The van der Waals surface area contributed by atoms with E-state index in [9.17, 15) is 13.2 Å². The van der Waals surface area contributed by atoms with Gasteiger partial charge in [0.1, 0.15) is 0 Å². The number of rotatable bonds is 7. The zero-order chi connectivity index (χ0) is 21.1. The van der Waals surface area contributed by atoms with Gasteiger partial charge in [-0.15, -0.1) is 10.2 Å². The van der Waals surface area contributed by atoms with Gasteiger partial charge in [0.05, 0.1) is 23.3 Å². The number of carbonyl (C=O) groups is 1. The fraction of sp³-hybridized carbons (Fsp3) is 0.381. The van der Waals surface area contributed by atoms with Crippen LogP contribution in [0.3, 0.4) is 0 Å². The lowest BCUT2D eigenvalue weighted by Crippen LogP contribution is -2.28. The summed E-state index contributed by atoms with van der Waals surface area (Å²) in [5.74, 6) is 0.888. The van der Waals surface area contributed by atoms with Gasteiger partial charge in [0, 0.05) is 6.42 Å². The summed E-state index contributed by atoms with van der Waals surface area (Å²) in [5, 5.41) is 13.5. The van der Waals surface area contributed by atoms with Crippen molar-refractivity contribution in [1.82, 2.24) is 15.5 Å². The highest BCUT2D eigenvalue weighted by Crippen LogP contribution is 2.24. The first-order valence-corrected chi connectivity index (χ1v) is 12.6. The Kier molecular flexibility index (Phi) is 6.10. The van der Waals surface area contributed by atoms with E-state index >= 15 is 0 Å². The second-order valence-corrected chi connectivity index (χ2v) is 10.8. The summed E-state index contributed by atoms with van der Waals surface area (Å²) in [4.78, 5) is 12.3. The molecular weight excluding hydrogens is 422 g/mol. The molecule has 0 radical (unpaired) electrons. The summed E-state index contributed by atoms with van der Waals surface area (Å²) in [5.41, 5.74) is 1.04. The number of sulfone groups is 1. The van der Waals surface area contributed by atoms with Crippen molar-refractivity contribution in [2.75, 3.05) is 17.3 Å². The monoisotopic (exact) mass is 445 g/mol. The van der Waals surface area contributed by atoms with Gasteiger partial charge in [-0.05, 0) is 41.7 Å². The molecule has 4 rings (SSSR count). The Hall–Kier alpha value is -2.39. The average molecular weight is 446 g/mol. The van der Waals surface area contributed by atoms with Crippen LogP contribution in [0, 0.1) is 5.92 Å². The fourth-order valence-corrected chi connectivity index (χ4v) is 6.08. The van der Waals surface area contributed by atoms with Crippen LogP contribution in [0.4, 0.5) is 0 Å². The van der Waals surface area contributed by atoms with Gasteiger partial charge in [-0.3, -0.25) is 4.79 Å². The number of aromatic nitrogens is 2. The molecule has 1 aliphatic rings. The zero-order valence-corrected chi connectivity index (χ0v) is 18.2. The quantitative estimate of drug-likeness (QED) is 0.557. The molecule has 0 saturated carbocycles. The molecule has 158 valence electrons. The number of thioether (sulfide) groups is 1. The maximum atomic E-state index is 12.3. The van der Waals surface area contributed by atoms with Crippen LogP contribution < -0.4 is 5.32 Å². The van der Waals surface area contributed by atoms with E-state index in [1.54, 1.807) is 0 Å². The number of carbonyl (C=O) groups excluding carboxylic acids is 1. The van der Waals surface area contributed by atoms with Crippen LogP contribution in [0.5, 0.6) is 0 Å². The van der Waals surface area contributed by atoms with Crippen molar-refractivity contribution < 1.29 is 17.6 Å². The van der Waals surface area contributed by atoms with Crippen LogP contribution >= 0.6 is 11.8 Å². The molecule has 0 unspecified atom stereocenters. The van der Waals surface area contributed by atoms with Crippen LogP contribution in [-0.4, -0.2) is 41.8 Å². The van der Waals surface area contributed by atoms with Gasteiger partial charge in [-0.1, -0.05) is 48.2 Å². The molecule has 2 atom stereocenters. The first-order chi connectivity index (χ1) is 14.4. The third-order valence-electron chi connectivity index (χ3n) is 5.22. The molecule has 1 saturated heterocycles. The Balaban J connectivity index is 1.27. The van der Waals surface area contributed by atoms with E-state index in [0.717, 1.165) is 16.3 Å². The molecule has 0 aliphatic carbocycles. The number of hydrogen-bond acceptors (Lipinski definition) is 7. The van der Waals surface area contributed by atoms with E-state index in [2.05, 4.69) is 39.8 Å². The van der Waals surface area contributed by atoms with Crippen molar-refractivity contribution in [3.8, 4) is 0 Å². The minimum absolute atomic E-state index is 0.0272. The number of nitrogens with one attached hydrogen (secondary N) is 1. The number of hydrogen-bond donors (Lipinski definition) is 1. The van der Waals surface area contributed by atoms with Crippen molar-refractivity contribution >= 4 is 38.3 Å². The number of benzene rings is 2. The van der Waals surface area contributed by atoms with Crippen molar-refractivity contribution in [2.24, 2.45) is 5.92 Å². The van der Waals surface area contributed by atoms with E-state index < -0.39 is 9.84 Å². The van der Waals surface area contributed by atoms with Gasteiger partial charge in [0.15, 0.2) is 9.84 Å². The van der Waals surface area contributed by atoms with Gasteiger partial charge in [-0.25, -0.2) is 8.42 Å². The van der Waals surface area contributed by atoms with Gasteiger partial charge in [0.25, 0.3) is 5.22 Å². The maximum Gasteiger partial charge on any atom is 0.277 e. The molecule has 2 heterocycles. The topological polar surface area (TPSA) is 102 Å². The lowest BCUT2D eigenvalue weighted by molar-refractivity contribution is -0.119. The first-order valence-electron chi connectivity index (χ1n) is 9.82. The molecule has 7 nitrogen and oxygen atoms in total. The number of fused-ring (bicyclic) bond motifs is 1. The third-order valence-corrected chi connectivity index (χ3v) is 7.87. The van der Waals surface area contributed by atoms with E-state index in [4.69, 9.17) is 4.42 Å². The Morgan fingerprint density at radius 3 is 2.80 bits per heavy atom. The Labute approximate surface area is 179 Å². The second-order valence-electron chi connectivity index (χ2n) is 7.62. The molecular formula is C21H23N3O4S2. The molecule has 30 heavy (non-hydrogen) atoms. The highest BCUT2D eigenvalue weighted by Gasteiger charge is 2.29. The van der Waals surface area contributed by atoms with E-state index in [0.29, 0.717) is 24.0 Å². The van der Waals surface area contributed by atoms with Crippen LogP contribution in [-0.2, 0) is 21.1 Å². The lowest BCUT2D eigenvalue weighted by Gasteiger charge is -2.14. The molecule has 2 aromatic carbocycles. The predicted octanol–water partition coefficient (Wildman–Crippen LogP) is 3.17. The van der Waals surface area contributed by atoms with Gasteiger partial charge in [0.2, 0.25) is 11.8 Å². The summed E-state index contributed by atoms with van der Waals surface area (Å²) in [6, 6.07) is 14.2. The average Bonchev–Trinajstić information content (AvgIpc) is 3.31. The molecule has 0 bridgehead atoms. The summed E-state index contributed by atoms with van der Waals surface area (Å²) in [7, 11) is -2.93. The van der Waals surface area contributed by atoms with Crippen molar-refractivity contribution in [1.29, 1.82) is 0 Å². The lowest BCUT2D eigenvalue weighted by atomic mass is 10.0. The molecule has 1 fully saturated rings. The molecule has 1 amide bonds. The van der Waals surface area contributed by atoms with E-state index in [1.807, 2.05) is 25.1 Å². The summed E-state index contributed by atoms with van der Waals surface area (Å²) >= 11 is 1.18. The number of nitrogens with zero attached hydrogens (tertiary/aromatic N) is 2. The highest BCUT2D eigenvalue weighted by atomic mass is 32.2. The summed E-state index contributed by atoms with van der Waals surface area (Å²) in [6.45, 7) is 1.95. The molecule has 0 spiro atoms. The minimum Gasteiger partial charge on any atom is -0.416 e. The molecule has 3 aromatic rings. The largest absolute Gasteiger partial charge is 0.416 e. The molecule has 9 heteroatoms. The predicted molar refractivity (Wildman–Crippen MR) is 116 cm³/mol. The minimum atomic E-state index is -2.93. The van der Waals surface area contributed by atoms with Crippen LogP contribution in [0.2, 0.25) is 0 Å². The SMILES string of the molecule is C[C@@H](NC(=O)CSc1nnc(C[C@H]2CCS(=O)(=O)C2)o1)c1ccc2ccccc2c1. The molecule has 1 aromatic heterocycles. The Morgan fingerprint density at radius 2 is 2.03 bits per heavy atom. The third kappa shape index (κ3) is 5.20. The normalized spacial score (nSPS) is 19.0. The van der Waals surface area contributed by atoms with Crippen molar-refractivity contribution in [3.63, 3.8) is 0 Å². The first kappa shape index (κ1) is 20.9.